The summed E-state index contributed by atoms with van der Waals surface area (Å²) < 4.78 is 13.9. The molecule has 0 saturated heterocycles. The van der Waals surface area contributed by atoms with Gasteiger partial charge in [-0.3, -0.25) is 10.8 Å². The van der Waals surface area contributed by atoms with Gasteiger partial charge in [0.05, 0.1) is 16.6 Å². The van der Waals surface area contributed by atoms with E-state index in [4.69, 9.17) is 5.84 Å². The van der Waals surface area contributed by atoms with E-state index in [-0.39, 0.29) is 5.82 Å². The summed E-state index contributed by atoms with van der Waals surface area (Å²) in [4.78, 5) is 4.59. The van der Waals surface area contributed by atoms with E-state index in [1.807, 2.05) is 6.92 Å². The third-order valence-corrected chi connectivity index (χ3v) is 3.46. The minimum Gasteiger partial charge on any atom is -0.323 e. The van der Waals surface area contributed by atoms with Crippen molar-refractivity contribution in [2.45, 2.75) is 26.2 Å². The van der Waals surface area contributed by atoms with Crippen molar-refractivity contribution in [3.63, 3.8) is 0 Å². The molecule has 0 amide bonds. The first-order chi connectivity index (χ1) is 8.22. The van der Waals surface area contributed by atoms with Gasteiger partial charge in [0.15, 0.2) is 0 Å². The second-order valence-electron chi connectivity index (χ2n) is 4.50. The van der Waals surface area contributed by atoms with Crippen molar-refractivity contribution in [2.75, 3.05) is 5.43 Å². The maximum Gasteiger partial charge on any atom is 0.134 e. The van der Waals surface area contributed by atoms with Crippen LogP contribution in [0.25, 0.3) is 10.9 Å². The monoisotopic (exact) mass is 231 g/mol. The first kappa shape index (κ1) is 10.5. The molecule has 0 aliphatic heterocycles. The van der Waals surface area contributed by atoms with Crippen LogP contribution in [0.3, 0.4) is 0 Å². The molecule has 0 atom stereocenters. The van der Waals surface area contributed by atoms with E-state index < -0.39 is 0 Å². The fraction of sp³-hybridized carbons (Fsp3) is 0.308. The number of rotatable bonds is 1. The van der Waals surface area contributed by atoms with Crippen molar-refractivity contribution >= 4 is 16.6 Å². The van der Waals surface area contributed by atoms with Crippen molar-refractivity contribution < 1.29 is 4.39 Å². The molecule has 0 radical (unpaired) electrons. The fourth-order valence-corrected chi connectivity index (χ4v) is 2.62. The first-order valence-corrected chi connectivity index (χ1v) is 5.79. The van der Waals surface area contributed by atoms with E-state index in [2.05, 4.69) is 10.4 Å². The largest absolute Gasteiger partial charge is 0.323 e. The third kappa shape index (κ3) is 1.41. The van der Waals surface area contributed by atoms with Gasteiger partial charge in [0.25, 0.3) is 0 Å². The van der Waals surface area contributed by atoms with Gasteiger partial charge < -0.3 is 5.43 Å². The molecule has 1 aromatic carbocycles. The summed E-state index contributed by atoms with van der Waals surface area (Å²) in [6, 6.07) is 3.23. The zero-order chi connectivity index (χ0) is 12.0. The van der Waals surface area contributed by atoms with Crippen molar-refractivity contribution in [1.29, 1.82) is 0 Å². The number of nitrogens with zero attached hydrogens (tertiary/aromatic N) is 1. The lowest BCUT2D eigenvalue weighted by atomic mass is 10.0. The average Bonchev–Trinajstić information content (AvgIpc) is 2.79. The molecule has 3 nitrogen and oxygen atoms in total. The fourth-order valence-electron chi connectivity index (χ4n) is 2.62. The number of aromatic nitrogens is 1. The smallest absolute Gasteiger partial charge is 0.134 e. The molecule has 1 heterocycles. The summed E-state index contributed by atoms with van der Waals surface area (Å²) >= 11 is 0. The number of benzene rings is 1. The molecule has 88 valence electrons. The Labute approximate surface area is 98.8 Å². The third-order valence-electron chi connectivity index (χ3n) is 3.46. The number of hydrazine groups is 1. The van der Waals surface area contributed by atoms with E-state index in [0.717, 1.165) is 41.6 Å². The number of nitrogens with two attached hydrogens (primary N) is 1. The number of nitrogen functional groups attached to an aromatic ring is 1. The van der Waals surface area contributed by atoms with Gasteiger partial charge in [0, 0.05) is 5.69 Å². The molecular weight excluding hydrogens is 217 g/mol. The zero-order valence-corrected chi connectivity index (χ0v) is 9.68. The molecule has 2 aromatic rings. The maximum absolute atomic E-state index is 13.9. The molecule has 0 unspecified atom stereocenters. The van der Waals surface area contributed by atoms with Gasteiger partial charge in [-0.2, -0.15) is 0 Å². The van der Waals surface area contributed by atoms with Crippen LogP contribution in [0.1, 0.15) is 23.2 Å². The van der Waals surface area contributed by atoms with E-state index in [1.54, 1.807) is 6.07 Å². The molecule has 0 saturated carbocycles. The van der Waals surface area contributed by atoms with Gasteiger partial charge >= 0.3 is 0 Å². The van der Waals surface area contributed by atoms with E-state index >= 15 is 0 Å². The van der Waals surface area contributed by atoms with Crippen LogP contribution in [0.5, 0.6) is 0 Å². The summed E-state index contributed by atoms with van der Waals surface area (Å²) in [5.41, 5.74) is 7.20. The second-order valence-corrected chi connectivity index (χ2v) is 4.50. The number of anilines is 1. The molecule has 4 heteroatoms. The minimum absolute atomic E-state index is 0.263. The highest BCUT2D eigenvalue weighted by atomic mass is 19.1. The number of hydrogen-bond donors (Lipinski definition) is 2. The Kier molecular flexibility index (Phi) is 2.26. The highest BCUT2D eigenvalue weighted by Crippen LogP contribution is 2.35. The van der Waals surface area contributed by atoms with Crippen LogP contribution in [0.2, 0.25) is 0 Å². The summed E-state index contributed by atoms with van der Waals surface area (Å²) in [5, 5.41) is 0.521. The predicted octanol–water partition coefficient (Wildman–Crippen LogP) is 2.46. The molecule has 17 heavy (non-hydrogen) atoms. The highest BCUT2D eigenvalue weighted by Gasteiger charge is 2.21. The van der Waals surface area contributed by atoms with Gasteiger partial charge in [-0.05, 0) is 43.4 Å². The predicted molar refractivity (Wildman–Crippen MR) is 66.3 cm³/mol. The summed E-state index contributed by atoms with van der Waals surface area (Å²) in [6.07, 6.45) is 2.94. The van der Waals surface area contributed by atoms with Gasteiger partial charge in [0.1, 0.15) is 5.82 Å². The maximum atomic E-state index is 13.9. The molecular formula is C13H14FN3. The molecule has 0 spiro atoms. The Morgan fingerprint density at radius 3 is 2.94 bits per heavy atom. The van der Waals surface area contributed by atoms with Crippen LogP contribution in [-0.4, -0.2) is 4.98 Å². The lowest BCUT2D eigenvalue weighted by molar-refractivity contribution is 0.639. The van der Waals surface area contributed by atoms with E-state index in [1.165, 1.54) is 6.07 Å². The minimum atomic E-state index is -0.263. The van der Waals surface area contributed by atoms with Crippen molar-refractivity contribution in [2.24, 2.45) is 5.84 Å². The summed E-state index contributed by atoms with van der Waals surface area (Å²) in [5.74, 6) is 5.30. The number of pyridine rings is 1. The van der Waals surface area contributed by atoms with Gasteiger partial charge in [-0.25, -0.2) is 4.39 Å². The van der Waals surface area contributed by atoms with Gasteiger partial charge in [-0.15, -0.1) is 0 Å². The van der Waals surface area contributed by atoms with Crippen molar-refractivity contribution in [3.05, 3.63) is 34.8 Å². The molecule has 1 aliphatic carbocycles. The Hall–Kier alpha value is -1.68. The Morgan fingerprint density at radius 2 is 2.18 bits per heavy atom. The van der Waals surface area contributed by atoms with Gasteiger partial charge in [0.2, 0.25) is 0 Å². The number of aryl methyl sites for hydroxylation is 2. The lowest BCUT2D eigenvalue weighted by Gasteiger charge is -2.13. The second kappa shape index (κ2) is 3.67. The van der Waals surface area contributed by atoms with Crippen LogP contribution < -0.4 is 11.3 Å². The quantitative estimate of drug-likeness (QED) is 0.585. The first-order valence-electron chi connectivity index (χ1n) is 5.79. The SMILES string of the molecule is Cc1ccc(F)c2c(NN)c3c(nc12)CCC3. The van der Waals surface area contributed by atoms with E-state index in [0.29, 0.717) is 11.1 Å². The highest BCUT2D eigenvalue weighted by molar-refractivity contribution is 5.95. The molecule has 3 rings (SSSR count). The van der Waals surface area contributed by atoms with Crippen molar-refractivity contribution in [1.82, 2.24) is 4.98 Å². The average molecular weight is 231 g/mol. The Balaban J connectivity index is 2.49. The topological polar surface area (TPSA) is 50.9 Å². The van der Waals surface area contributed by atoms with Gasteiger partial charge in [-0.1, -0.05) is 6.07 Å². The summed E-state index contributed by atoms with van der Waals surface area (Å²) in [7, 11) is 0. The lowest BCUT2D eigenvalue weighted by Crippen LogP contribution is -2.11. The molecule has 3 N–H and O–H groups in total. The van der Waals surface area contributed by atoms with Crippen LogP contribution in [0.4, 0.5) is 10.1 Å². The molecule has 0 bridgehead atoms. The van der Waals surface area contributed by atoms with Crippen LogP contribution in [0, 0.1) is 12.7 Å². The normalized spacial score (nSPS) is 14.1. The molecule has 1 aliphatic rings. The standard InChI is InChI=1S/C13H14FN3/c1-7-5-6-9(14)11-12(7)16-10-4-2-3-8(10)13(11)17-15/h5-6H,2-4,15H2,1H3,(H,16,17). The zero-order valence-electron chi connectivity index (χ0n) is 9.68. The van der Waals surface area contributed by atoms with Crippen LogP contribution >= 0.6 is 0 Å². The van der Waals surface area contributed by atoms with Crippen molar-refractivity contribution in [3.8, 4) is 0 Å². The number of hydrogen-bond acceptors (Lipinski definition) is 3. The van der Waals surface area contributed by atoms with E-state index in [9.17, 15) is 4.39 Å². The number of halogens is 1. The van der Waals surface area contributed by atoms with Crippen LogP contribution in [0.15, 0.2) is 12.1 Å². The molecule has 0 fully saturated rings. The summed E-state index contributed by atoms with van der Waals surface area (Å²) in [6.45, 7) is 1.94. The Morgan fingerprint density at radius 1 is 1.35 bits per heavy atom. The Bertz CT molecular complexity index is 607. The number of fused-ring (bicyclic) bond motifs is 2. The van der Waals surface area contributed by atoms with Crippen LogP contribution in [-0.2, 0) is 12.8 Å². The molecule has 1 aromatic heterocycles. The number of nitrogens with one attached hydrogen (secondary N) is 1.